The molecule has 0 aliphatic heterocycles. The van der Waals surface area contributed by atoms with E-state index >= 15 is 4.39 Å². The molecule has 0 saturated carbocycles. The van der Waals surface area contributed by atoms with Gasteiger partial charge in [-0.2, -0.15) is 0 Å². The van der Waals surface area contributed by atoms with Crippen LogP contribution in [0.3, 0.4) is 0 Å². The van der Waals surface area contributed by atoms with Gasteiger partial charge in [0.1, 0.15) is 24.0 Å². The Morgan fingerprint density at radius 2 is 1.47 bits per heavy atom. The summed E-state index contributed by atoms with van der Waals surface area (Å²) in [7, 11) is 0. The number of nitrogens with one attached hydrogen (secondary N) is 3. The van der Waals surface area contributed by atoms with E-state index in [1.807, 2.05) is 13.8 Å². The number of rotatable bonds is 9. The second kappa shape index (κ2) is 15.6. The summed E-state index contributed by atoms with van der Waals surface area (Å²) in [6, 6.07) is 9.56. The fraction of sp³-hybridized carbons (Fsp3) is 0.300. The zero-order valence-corrected chi connectivity index (χ0v) is 25.5. The van der Waals surface area contributed by atoms with Gasteiger partial charge in [-0.05, 0) is 42.5 Å². The average Bonchev–Trinajstić information content (AvgIpc) is 2.94. The lowest BCUT2D eigenvalue weighted by atomic mass is 9.95. The van der Waals surface area contributed by atoms with Crippen molar-refractivity contribution in [2.24, 2.45) is 5.41 Å². The first-order valence-electron chi connectivity index (χ1n) is 13.0. The van der Waals surface area contributed by atoms with Crippen molar-refractivity contribution in [1.82, 2.24) is 5.32 Å². The average molecular weight is 644 g/mol. The van der Waals surface area contributed by atoms with Crippen molar-refractivity contribution < 1.29 is 36.7 Å². The Labute approximate surface area is 256 Å². The van der Waals surface area contributed by atoms with Crippen LogP contribution in [0.25, 0.3) is 0 Å². The SMILES string of the molecule is CC.CC(C)(C)C(=O)NCc1ccc(Cl)c(C(=O)Nc2ccc(OCC(F)F)c(C(=O)Nc3ccc(F)c(Cl)c3)c2)c1F. The smallest absolute Gasteiger partial charge is 0.272 e. The monoisotopic (exact) mass is 643 g/mol. The summed E-state index contributed by atoms with van der Waals surface area (Å²) in [6.07, 6.45) is -2.84. The van der Waals surface area contributed by atoms with E-state index in [4.69, 9.17) is 27.9 Å². The Bertz CT molecular complexity index is 1480. The minimum absolute atomic E-state index is 0.00548. The Balaban J connectivity index is 0.00000316. The summed E-state index contributed by atoms with van der Waals surface area (Å²) in [5.74, 6) is -4.09. The van der Waals surface area contributed by atoms with Crippen molar-refractivity contribution in [3.8, 4) is 5.75 Å². The molecule has 3 amide bonds. The molecule has 0 saturated heterocycles. The van der Waals surface area contributed by atoms with E-state index in [-0.39, 0.29) is 50.7 Å². The standard InChI is InChI=1S/C28H25Cl2F4N3O4.C2H6/c1-28(2,3)27(40)35-12-14-4-7-18(29)23(24(14)34)26(39)37-15-6-9-21(41-13-22(32)33)17(10-15)25(38)36-16-5-8-20(31)19(30)11-16;1-2/h4-11,22H,12-13H2,1-3H3,(H,35,40)(H,36,38)(H,37,39);1-2H3. The lowest BCUT2D eigenvalue weighted by molar-refractivity contribution is -0.128. The van der Waals surface area contributed by atoms with Gasteiger partial charge in [0, 0.05) is 28.9 Å². The zero-order chi connectivity index (χ0) is 32.5. The molecule has 0 aliphatic carbocycles. The van der Waals surface area contributed by atoms with Gasteiger partial charge in [0.15, 0.2) is 0 Å². The maximum absolute atomic E-state index is 15.3. The molecule has 7 nitrogen and oxygen atoms in total. The van der Waals surface area contributed by atoms with Crippen LogP contribution in [0.1, 0.15) is 60.9 Å². The van der Waals surface area contributed by atoms with Gasteiger partial charge >= 0.3 is 0 Å². The van der Waals surface area contributed by atoms with E-state index in [1.165, 1.54) is 30.3 Å². The minimum atomic E-state index is -2.84. The third-order valence-corrected chi connectivity index (χ3v) is 6.15. The maximum Gasteiger partial charge on any atom is 0.272 e. The summed E-state index contributed by atoms with van der Waals surface area (Å²) in [4.78, 5) is 38.2. The van der Waals surface area contributed by atoms with E-state index in [0.717, 1.165) is 18.2 Å². The van der Waals surface area contributed by atoms with Crippen LogP contribution in [0, 0.1) is 17.0 Å². The fourth-order valence-electron chi connectivity index (χ4n) is 3.41. The number of benzene rings is 3. The molecule has 3 aromatic rings. The van der Waals surface area contributed by atoms with Gasteiger partial charge in [-0.15, -0.1) is 0 Å². The van der Waals surface area contributed by atoms with Crippen LogP contribution in [0.2, 0.25) is 10.0 Å². The number of carbonyl (C=O) groups excluding carboxylic acids is 3. The van der Waals surface area contributed by atoms with Crippen LogP contribution in [-0.4, -0.2) is 30.8 Å². The highest BCUT2D eigenvalue weighted by molar-refractivity contribution is 6.34. The van der Waals surface area contributed by atoms with Crippen LogP contribution >= 0.6 is 23.2 Å². The molecule has 0 aliphatic rings. The Hall–Kier alpha value is -3.83. The van der Waals surface area contributed by atoms with Crippen molar-refractivity contribution >= 4 is 52.3 Å². The Morgan fingerprint density at radius 1 is 0.860 bits per heavy atom. The summed E-state index contributed by atoms with van der Waals surface area (Å²) < 4.78 is 59.4. The molecule has 0 heterocycles. The van der Waals surface area contributed by atoms with Crippen molar-refractivity contribution in [3.63, 3.8) is 0 Å². The molecule has 0 spiro atoms. The predicted octanol–water partition coefficient (Wildman–Crippen LogP) is 8.11. The normalized spacial score (nSPS) is 10.9. The highest BCUT2D eigenvalue weighted by Gasteiger charge is 2.24. The summed E-state index contributed by atoms with van der Waals surface area (Å²) in [5.41, 5.74) is -1.43. The molecule has 0 radical (unpaired) electrons. The molecule has 43 heavy (non-hydrogen) atoms. The summed E-state index contributed by atoms with van der Waals surface area (Å²) >= 11 is 11.9. The highest BCUT2D eigenvalue weighted by Crippen LogP contribution is 2.28. The van der Waals surface area contributed by atoms with Gasteiger partial charge in [0.25, 0.3) is 18.2 Å². The first kappa shape index (κ1) is 35.4. The summed E-state index contributed by atoms with van der Waals surface area (Å²) in [6.45, 7) is 7.84. The maximum atomic E-state index is 15.3. The van der Waals surface area contributed by atoms with Crippen molar-refractivity contribution in [3.05, 3.63) is 86.9 Å². The Kier molecular flexibility index (Phi) is 12.8. The quantitative estimate of drug-likeness (QED) is 0.205. The molecule has 3 rings (SSSR count). The second-order valence-corrected chi connectivity index (χ2v) is 10.6. The van der Waals surface area contributed by atoms with E-state index in [0.29, 0.717) is 0 Å². The molecule has 3 aromatic carbocycles. The van der Waals surface area contributed by atoms with Gasteiger partial charge in [-0.1, -0.05) is 63.9 Å². The molecular weight excluding hydrogens is 613 g/mol. The number of amides is 3. The molecule has 0 bridgehead atoms. The molecule has 0 atom stereocenters. The number of halogens is 6. The minimum Gasteiger partial charge on any atom is -0.487 e. The van der Waals surface area contributed by atoms with Crippen LogP contribution in [0.4, 0.5) is 28.9 Å². The molecule has 0 fully saturated rings. The molecule has 0 unspecified atom stereocenters. The highest BCUT2D eigenvalue weighted by atomic mass is 35.5. The number of hydrogen-bond donors (Lipinski definition) is 3. The fourth-order valence-corrected chi connectivity index (χ4v) is 3.82. The van der Waals surface area contributed by atoms with Crippen LogP contribution in [0.5, 0.6) is 5.75 Å². The topological polar surface area (TPSA) is 96.5 Å². The van der Waals surface area contributed by atoms with Crippen LogP contribution in [-0.2, 0) is 11.3 Å². The van der Waals surface area contributed by atoms with Gasteiger partial charge in [0.2, 0.25) is 5.91 Å². The lowest BCUT2D eigenvalue weighted by Crippen LogP contribution is -2.34. The predicted molar refractivity (Wildman–Crippen MR) is 159 cm³/mol. The molecule has 13 heteroatoms. The first-order valence-corrected chi connectivity index (χ1v) is 13.8. The van der Waals surface area contributed by atoms with Crippen molar-refractivity contribution in [1.29, 1.82) is 0 Å². The molecule has 3 N–H and O–H groups in total. The number of ether oxygens (including phenoxy) is 1. The molecule has 232 valence electrons. The number of anilines is 2. The summed E-state index contributed by atoms with van der Waals surface area (Å²) in [5, 5.41) is 6.97. The Morgan fingerprint density at radius 3 is 2.07 bits per heavy atom. The number of alkyl halides is 2. The van der Waals surface area contributed by atoms with Crippen molar-refractivity contribution in [2.75, 3.05) is 17.2 Å². The zero-order valence-electron chi connectivity index (χ0n) is 24.0. The van der Waals surface area contributed by atoms with E-state index < -0.39 is 47.5 Å². The second-order valence-electron chi connectivity index (χ2n) is 9.78. The van der Waals surface area contributed by atoms with E-state index in [9.17, 15) is 27.6 Å². The number of carbonyl (C=O) groups is 3. The van der Waals surface area contributed by atoms with Crippen LogP contribution in [0.15, 0.2) is 48.5 Å². The van der Waals surface area contributed by atoms with Gasteiger partial charge in [-0.25, -0.2) is 17.6 Å². The first-order chi connectivity index (χ1) is 20.2. The molecule has 0 aromatic heterocycles. The van der Waals surface area contributed by atoms with E-state index in [2.05, 4.69) is 16.0 Å². The largest absolute Gasteiger partial charge is 0.487 e. The third kappa shape index (κ3) is 9.86. The van der Waals surface area contributed by atoms with Crippen molar-refractivity contribution in [2.45, 2.75) is 47.6 Å². The number of hydrogen-bond acceptors (Lipinski definition) is 4. The van der Waals surface area contributed by atoms with Gasteiger partial charge in [-0.3, -0.25) is 14.4 Å². The molecular formula is C30H31Cl2F4N3O4. The van der Waals surface area contributed by atoms with E-state index in [1.54, 1.807) is 20.8 Å². The van der Waals surface area contributed by atoms with Gasteiger partial charge < -0.3 is 20.7 Å². The lowest BCUT2D eigenvalue weighted by Gasteiger charge is -2.18. The van der Waals surface area contributed by atoms with Crippen LogP contribution < -0.4 is 20.7 Å². The third-order valence-electron chi connectivity index (χ3n) is 5.54. The van der Waals surface area contributed by atoms with Gasteiger partial charge in [0.05, 0.1) is 21.2 Å².